The fourth-order valence-corrected chi connectivity index (χ4v) is 7.91. The summed E-state index contributed by atoms with van der Waals surface area (Å²) in [6.45, 7) is 12.5. The molecule has 0 amide bonds. The first-order valence-corrected chi connectivity index (χ1v) is 21.7. The van der Waals surface area contributed by atoms with Gasteiger partial charge in [0.1, 0.15) is 0 Å². The van der Waals surface area contributed by atoms with Gasteiger partial charge >= 0.3 is 0 Å². The van der Waals surface area contributed by atoms with Gasteiger partial charge in [0.05, 0.1) is 23.5 Å². The standard InChI is InChI=1S/C27H25FN4.C27H27FN4/c1-18(2)22-7-3-4-8-23(22)25-30-17-24(28)26(31-25)32-27(13-14-27)21-11-9-19(10-12-21)20-6-5-15-29-16-20;1-18(2)22-9-5-6-10-23(22)25-30-17-24(28)26(31-25)32-27(3,4)21-13-11-19(12-14-21)20-8-7-15-29-16-20/h3-12,15-18H,13-14H2,1-2H3,(H,30,31,32);5-18H,1-4H3,(H,30,31,32). The molecule has 0 bridgehead atoms. The highest BCUT2D eigenvalue weighted by atomic mass is 19.1. The number of hydrogen-bond donors (Lipinski definition) is 2. The summed E-state index contributed by atoms with van der Waals surface area (Å²) >= 11 is 0. The van der Waals surface area contributed by atoms with E-state index in [2.05, 4.69) is 117 Å². The molecule has 10 heteroatoms. The highest BCUT2D eigenvalue weighted by Gasteiger charge is 2.45. The quantitative estimate of drug-likeness (QED) is 0.125. The molecule has 4 heterocycles. The van der Waals surface area contributed by atoms with Gasteiger partial charge in [0, 0.05) is 35.9 Å². The van der Waals surface area contributed by atoms with E-state index in [4.69, 9.17) is 0 Å². The monoisotopic (exact) mass is 850 g/mol. The lowest BCUT2D eigenvalue weighted by molar-refractivity contribution is 0.574. The Morgan fingerprint density at radius 2 is 1.00 bits per heavy atom. The van der Waals surface area contributed by atoms with Gasteiger partial charge < -0.3 is 10.6 Å². The van der Waals surface area contributed by atoms with Gasteiger partial charge in [-0.2, -0.15) is 0 Å². The molecule has 0 atom stereocenters. The summed E-state index contributed by atoms with van der Waals surface area (Å²) in [4.78, 5) is 26.1. The van der Waals surface area contributed by atoms with Crippen LogP contribution in [0.3, 0.4) is 0 Å². The molecule has 4 aromatic heterocycles. The third-order valence-corrected chi connectivity index (χ3v) is 11.7. The lowest BCUT2D eigenvalue weighted by atomic mass is 9.92. The Labute approximate surface area is 374 Å². The van der Waals surface area contributed by atoms with Crippen molar-refractivity contribution in [2.24, 2.45) is 0 Å². The van der Waals surface area contributed by atoms with E-state index in [0.29, 0.717) is 23.5 Å². The minimum atomic E-state index is -0.544. The van der Waals surface area contributed by atoms with Crippen LogP contribution in [0.1, 0.15) is 88.5 Å². The molecule has 0 radical (unpaired) electrons. The van der Waals surface area contributed by atoms with Crippen molar-refractivity contribution in [1.29, 1.82) is 0 Å². The topological polar surface area (TPSA) is 101 Å². The smallest absolute Gasteiger partial charge is 0.183 e. The molecule has 322 valence electrons. The highest BCUT2D eigenvalue weighted by molar-refractivity contribution is 5.66. The summed E-state index contributed by atoms with van der Waals surface area (Å²) < 4.78 is 29.4. The minimum absolute atomic E-state index is 0.190. The molecule has 4 aromatic carbocycles. The van der Waals surface area contributed by atoms with Crippen LogP contribution in [0.25, 0.3) is 45.0 Å². The molecule has 8 nitrogen and oxygen atoms in total. The summed E-state index contributed by atoms with van der Waals surface area (Å²) in [7, 11) is 0. The molecule has 9 rings (SSSR count). The van der Waals surface area contributed by atoms with E-state index in [1.54, 1.807) is 12.4 Å². The van der Waals surface area contributed by atoms with Crippen LogP contribution in [0.15, 0.2) is 159 Å². The van der Waals surface area contributed by atoms with E-state index >= 15 is 0 Å². The van der Waals surface area contributed by atoms with Gasteiger partial charge in [-0.3, -0.25) is 9.97 Å². The van der Waals surface area contributed by atoms with Crippen molar-refractivity contribution >= 4 is 11.6 Å². The van der Waals surface area contributed by atoms with E-state index in [-0.39, 0.29) is 17.2 Å². The summed E-state index contributed by atoms with van der Waals surface area (Å²) in [5, 5.41) is 6.68. The lowest BCUT2D eigenvalue weighted by Gasteiger charge is -2.28. The second-order valence-corrected chi connectivity index (χ2v) is 17.4. The third-order valence-electron chi connectivity index (χ3n) is 11.7. The van der Waals surface area contributed by atoms with Gasteiger partial charge in [0.2, 0.25) is 0 Å². The van der Waals surface area contributed by atoms with E-state index in [1.165, 1.54) is 12.4 Å². The van der Waals surface area contributed by atoms with Gasteiger partial charge in [0.25, 0.3) is 0 Å². The number of nitrogens with one attached hydrogen (secondary N) is 2. The Morgan fingerprint density at radius 3 is 1.47 bits per heavy atom. The Kier molecular flexibility index (Phi) is 12.7. The lowest BCUT2D eigenvalue weighted by Crippen LogP contribution is -2.29. The van der Waals surface area contributed by atoms with Crippen LogP contribution in [0, 0.1) is 11.6 Å². The zero-order chi connectivity index (χ0) is 44.8. The number of benzene rings is 4. The van der Waals surface area contributed by atoms with Gasteiger partial charge in [-0.1, -0.05) is 137 Å². The predicted octanol–water partition coefficient (Wildman–Crippen LogP) is 13.4. The van der Waals surface area contributed by atoms with Crippen LogP contribution in [-0.2, 0) is 11.1 Å². The molecule has 0 spiro atoms. The number of nitrogens with zero attached hydrogens (tertiary/aromatic N) is 6. The van der Waals surface area contributed by atoms with Gasteiger partial charge in [0.15, 0.2) is 34.9 Å². The second-order valence-electron chi connectivity index (χ2n) is 17.4. The van der Waals surface area contributed by atoms with Crippen molar-refractivity contribution < 1.29 is 8.78 Å². The van der Waals surface area contributed by atoms with Crippen molar-refractivity contribution in [2.45, 2.75) is 77.3 Å². The fourth-order valence-electron chi connectivity index (χ4n) is 7.91. The number of hydrogen-bond acceptors (Lipinski definition) is 8. The van der Waals surface area contributed by atoms with E-state index in [0.717, 1.165) is 68.5 Å². The first-order chi connectivity index (χ1) is 30.9. The van der Waals surface area contributed by atoms with Crippen LogP contribution >= 0.6 is 0 Å². The average Bonchev–Trinajstić information content (AvgIpc) is 4.11. The molecule has 1 fully saturated rings. The zero-order valence-corrected chi connectivity index (χ0v) is 37.0. The van der Waals surface area contributed by atoms with Crippen LogP contribution in [-0.4, -0.2) is 29.9 Å². The van der Waals surface area contributed by atoms with Gasteiger partial charge in [-0.05, 0) is 95.2 Å². The Morgan fingerprint density at radius 1 is 0.531 bits per heavy atom. The average molecular weight is 851 g/mol. The van der Waals surface area contributed by atoms with Gasteiger partial charge in [-0.25, -0.2) is 28.7 Å². The number of halogens is 2. The molecule has 1 aliphatic carbocycles. The Balaban J connectivity index is 0.000000175. The summed E-state index contributed by atoms with van der Waals surface area (Å²) in [5.74, 6) is 1.22. The molecule has 1 saturated carbocycles. The molecule has 8 aromatic rings. The summed E-state index contributed by atoms with van der Waals surface area (Å²) in [6, 6.07) is 40.6. The van der Waals surface area contributed by atoms with Gasteiger partial charge in [-0.15, -0.1) is 0 Å². The fraction of sp³-hybridized carbons (Fsp3) is 0.222. The number of pyridine rings is 2. The molecule has 64 heavy (non-hydrogen) atoms. The maximum Gasteiger partial charge on any atom is 0.183 e. The molecular formula is C54H52F2N8. The molecule has 0 saturated heterocycles. The van der Waals surface area contributed by atoms with Crippen LogP contribution < -0.4 is 10.6 Å². The summed E-state index contributed by atoms with van der Waals surface area (Å²) in [6.07, 6.45) is 11.6. The largest absolute Gasteiger partial charge is 0.359 e. The normalized spacial score (nSPS) is 13.0. The number of anilines is 2. The van der Waals surface area contributed by atoms with E-state index in [9.17, 15) is 8.78 Å². The van der Waals surface area contributed by atoms with Crippen molar-refractivity contribution in [1.82, 2.24) is 29.9 Å². The van der Waals surface area contributed by atoms with Crippen molar-refractivity contribution in [3.63, 3.8) is 0 Å². The van der Waals surface area contributed by atoms with Crippen LogP contribution in [0.5, 0.6) is 0 Å². The Hall–Kier alpha value is -7.20. The second kappa shape index (κ2) is 18.6. The SMILES string of the molecule is CC(C)c1ccccc1-c1ncc(F)c(NC(C)(C)c2ccc(-c3cccnc3)cc2)n1.CC(C)c1ccccc1-c1ncc(F)c(NC2(c3ccc(-c4cccnc4)cc3)CC2)n1. The molecular weight excluding hydrogens is 799 g/mol. The minimum Gasteiger partial charge on any atom is -0.359 e. The summed E-state index contributed by atoms with van der Waals surface area (Å²) in [5.41, 5.74) is 9.78. The van der Waals surface area contributed by atoms with Crippen molar-refractivity contribution in [3.8, 4) is 45.0 Å². The maximum atomic E-state index is 14.7. The molecule has 0 unspecified atom stereocenters. The predicted molar refractivity (Wildman–Crippen MR) is 254 cm³/mol. The number of aromatic nitrogens is 6. The Bertz CT molecular complexity index is 2640. The molecule has 1 aliphatic rings. The van der Waals surface area contributed by atoms with E-state index in [1.807, 2.05) is 99.0 Å². The first-order valence-electron chi connectivity index (χ1n) is 21.7. The highest BCUT2D eigenvalue weighted by Crippen LogP contribution is 2.49. The zero-order valence-electron chi connectivity index (χ0n) is 37.0. The third kappa shape index (κ3) is 9.71. The van der Waals surface area contributed by atoms with Crippen LogP contribution in [0.4, 0.5) is 20.4 Å². The first kappa shape index (κ1) is 43.4. The number of rotatable bonds is 12. The molecule has 0 aliphatic heterocycles. The van der Waals surface area contributed by atoms with Crippen molar-refractivity contribution in [2.75, 3.05) is 10.6 Å². The van der Waals surface area contributed by atoms with Crippen molar-refractivity contribution in [3.05, 3.63) is 192 Å². The maximum absolute atomic E-state index is 14.7. The van der Waals surface area contributed by atoms with Crippen LogP contribution in [0.2, 0.25) is 0 Å². The molecule has 2 N–H and O–H groups in total. The van der Waals surface area contributed by atoms with E-state index < -0.39 is 17.2 Å².